The first kappa shape index (κ1) is 16.4. The van der Waals surface area contributed by atoms with Gasteiger partial charge >= 0.3 is 0 Å². The van der Waals surface area contributed by atoms with Gasteiger partial charge in [0.25, 0.3) is 5.91 Å². The lowest BCUT2D eigenvalue weighted by Crippen LogP contribution is -2.40. The Kier molecular flexibility index (Phi) is 5.45. The van der Waals surface area contributed by atoms with Gasteiger partial charge in [-0.25, -0.2) is 0 Å². The molecule has 1 N–H and O–H groups in total. The molecule has 0 saturated carbocycles. The Bertz CT molecular complexity index is 471. The van der Waals surface area contributed by atoms with Crippen LogP contribution in [-0.4, -0.2) is 31.4 Å². The van der Waals surface area contributed by atoms with Crippen LogP contribution >= 0.6 is 0 Å². The van der Waals surface area contributed by atoms with Gasteiger partial charge in [-0.15, -0.1) is 0 Å². The Morgan fingerprint density at radius 1 is 1.15 bits per heavy atom. The maximum atomic E-state index is 12.0. The zero-order valence-electron chi connectivity index (χ0n) is 12.8. The molecule has 0 aliphatic rings. The highest BCUT2D eigenvalue weighted by molar-refractivity contribution is 5.97. The van der Waals surface area contributed by atoms with E-state index in [-0.39, 0.29) is 23.2 Å². The normalized spacial score (nSPS) is 12.8. The first-order chi connectivity index (χ1) is 9.25. The van der Waals surface area contributed by atoms with Crippen LogP contribution in [0.5, 0.6) is 0 Å². The second-order valence-corrected chi connectivity index (χ2v) is 5.93. The SMILES string of the molecule is COC(CNC(=O)c1ccc(C(C)=O)cc1)C(C)(C)C. The van der Waals surface area contributed by atoms with Crippen molar-refractivity contribution in [1.82, 2.24) is 5.32 Å². The second kappa shape index (κ2) is 6.66. The van der Waals surface area contributed by atoms with E-state index in [0.29, 0.717) is 17.7 Å². The largest absolute Gasteiger partial charge is 0.379 e. The molecule has 0 aliphatic carbocycles. The Labute approximate surface area is 120 Å². The lowest BCUT2D eigenvalue weighted by Gasteiger charge is -2.29. The van der Waals surface area contributed by atoms with E-state index < -0.39 is 0 Å². The quantitative estimate of drug-likeness (QED) is 0.842. The Hall–Kier alpha value is -1.68. The number of hydrogen-bond donors (Lipinski definition) is 1. The molecule has 1 aromatic rings. The molecule has 0 aromatic heterocycles. The fraction of sp³-hybridized carbons (Fsp3) is 0.500. The summed E-state index contributed by atoms with van der Waals surface area (Å²) in [6.45, 7) is 8.15. The first-order valence-electron chi connectivity index (χ1n) is 6.67. The highest BCUT2D eigenvalue weighted by Gasteiger charge is 2.24. The molecule has 1 rings (SSSR count). The highest BCUT2D eigenvalue weighted by Crippen LogP contribution is 2.21. The number of carbonyl (C=O) groups is 2. The predicted molar refractivity (Wildman–Crippen MR) is 79.0 cm³/mol. The minimum atomic E-state index is -0.161. The second-order valence-electron chi connectivity index (χ2n) is 5.93. The summed E-state index contributed by atoms with van der Waals surface area (Å²) in [6.07, 6.45) is -0.0528. The fourth-order valence-electron chi connectivity index (χ4n) is 1.89. The highest BCUT2D eigenvalue weighted by atomic mass is 16.5. The van der Waals surface area contributed by atoms with E-state index in [0.717, 1.165) is 0 Å². The number of methoxy groups -OCH3 is 1. The van der Waals surface area contributed by atoms with Gasteiger partial charge in [-0.1, -0.05) is 32.9 Å². The van der Waals surface area contributed by atoms with E-state index in [1.807, 2.05) is 0 Å². The molecular weight excluding hydrogens is 254 g/mol. The number of ketones is 1. The summed E-state index contributed by atoms with van der Waals surface area (Å²) in [5, 5.41) is 2.86. The number of benzene rings is 1. The molecule has 4 nitrogen and oxygen atoms in total. The van der Waals surface area contributed by atoms with Crippen molar-refractivity contribution in [2.24, 2.45) is 5.41 Å². The molecule has 1 aromatic carbocycles. The number of hydrogen-bond acceptors (Lipinski definition) is 3. The van der Waals surface area contributed by atoms with E-state index in [2.05, 4.69) is 26.1 Å². The van der Waals surface area contributed by atoms with Crippen molar-refractivity contribution < 1.29 is 14.3 Å². The number of amides is 1. The number of carbonyl (C=O) groups excluding carboxylic acids is 2. The Morgan fingerprint density at radius 2 is 1.65 bits per heavy atom. The van der Waals surface area contributed by atoms with E-state index in [4.69, 9.17) is 4.74 Å². The van der Waals surface area contributed by atoms with Crippen LogP contribution in [0.3, 0.4) is 0 Å². The molecule has 0 heterocycles. The maximum absolute atomic E-state index is 12.0. The number of nitrogens with one attached hydrogen (secondary N) is 1. The molecule has 0 saturated heterocycles. The summed E-state index contributed by atoms with van der Waals surface area (Å²) >= 11 is 0. The molecule has 4 heteroatoms. The van der Waals surface area contributed by atoms with Crippen LogP contribution in [-0.2, 0) is 4.74 Å². The predicted octanol–water partition coefficient (Wildman–Crippen LogP) is 2.68. The van der Waals surface area contributed by atoms with E-state index in [1.165, 1.54) is 6.92 Å². The van der Waals surface area contributed by atoms with Gasteiger partial charge in [0.05, 0.1) is 6.10 Å². The lowest BCUT2D eigenvalue weighted by atomic mass is 9.89. The van der Waals surface area contributed by atoms with Gasteiger partial charge in [0.1, 0.15) is 0 Å². The van der Waals surface area contributed by atoms with Crippen LogP contribution < -0.4 is 5.32 Å². The third kappa shape index (κ3) is 4.46. The van der Waals surface area contributed by atoms with E-state index in [1.54, 1.807) is 31.4 Å². The number of Topliss-reactive ketones (excluding diaryl/α,β-unsaturated/α-hetero) is 1. The molecule has 110 valence electrons. The van der Waals surface area contributed by atoms with Crippen molar-refractivity contribution in [3.8, 4) is 0 Å². The molecule has 0 aliphatic heterocycles. The minimum absolute atomic E-state index is 0.0101. The van der Waals surface area contributed by atoms with Crippen molar-refractivity contribution in [3.63, 3.8) is 0 Å². The van der Waals surface area contributed by atoms with Gasteiger partial charge in [0, 0.05) is 24.8 Å². The van der Waals surface area contributed by atoms with Crippen LogP contribution in [0.15, 0.2) is 24.3 Å². The summed E-state index contributed by atoms with van der Waals surface area (Å²) in [4.78, 5) is 23.2. The molecule has 0 spiro atoms. The van der Waals surface area contributed by atoms with Crippen LogP contribution in [0.25, 0.3) is 0 Å². The molecule has 1 amide bonds. The van der Waals surface area contributed by atoms with Crippen LogP contribution in [0.4, 0.5) is 0 Å². The van der Waals surface area contributed by atoms with Gasteiger partial charge in [-0.2, -0.15) is 0 Å². The van der Waals surface area contributed by atoms with Crippen molar-refractivity contribution in [2.75, 3.05) is 13.7 Å². The smallest absolute Gasteiger partial charge is 0.251 e. The zero-order chi connectivity index (χ0) is 15.3. The third-order valence-corrected chi connectivity index (χ3v) is 3.25. The van der Waals surface area contributed by atoms with Crippen molar-refractivity contribution in [1.29, 1.82) is 0 Å². The van der Waals surface area contributed by atoms with Crippen LogP contribution in [0.1, 0.15) is 48.4 Å². The van der Waals surface area contributed by atoms with E-state index >= 15 is 0 Å². The van der Waals surface area contributed by atoms with Gasteiger partial charge in [-0.05, 0) is 24.5 Å². The number of ether oxygens (including phenoxy) is 1. The standard InChI is InChI=1S/C16H23NO3/c1-11(18)12-6-8-13(9-7-12)15(19)17-10-14(20-5)16(2,3)4/h6-9,14H,10H2,1-5H3,(H,17,19). The maximum Gasteiger partial charge on any atom is 0.251 e. The minimum Gasteiger partial charge on any atom is -0.379 e. The number of rotatable bonds is 5. The lowest BCUT2D eigenvalue weighted by molar-refractivity contribution is 0.0176. The summed E-state index contributed by atoms with van der Waals surface area (Å²) in [6, 6.07) is 6.64. The average molecular weight is 277 g/mol. The van der Waals surface area contributed by atoms with Gasteiger partial charge < -0.3 is 10.1 Å². The molecule has 0 bridgehead atoms. The van der Waals surface area contributed by atoms with Gasteiger partial charge in [0.15, 0.2) is 5.78 Å². The first-order valence-corrected chi connectivity index (χ1v) is 6.67. The summed E-state index contributed by atoms with van der Waals surface area (Å²) in [7, 11) is 1.64. The molecule has 0 radical (unpaired) electrons. The van der Waals surface area contributed by atoms with Crippen molar-refractivity contribution in [2.45, 2.75) is 33.8 Å². The molecule has 1 unspecified atom stereocenters. The molecular formula is C16H23NO3. The summed E-state index contributed by atoms with van der Waals surface area (Å²) in [5.74, 6) is -0.171. The van der Waals surface area contributed by atoms with Crippen molar-refractivity contribution >= 4 is 11.7 Å². The zero-order valence-corrected chi connectivity index (χ0v) is 12.8. The summed E-state index contributed by atoms with van der Waals surface area (Å²) in [5.41, 5.74) is 1.10. The van der Waals surface area contributed by atoms with Gasteiger partial charge in [0.2, 0.25) is 0 Å². The monoisotopic (exact) mass is 277 g/mol. The van der Waals surface area contributed by atoms with Crippen LogP contribution in [0, 0.1) is 5.41 Å². The Balaban J connectivity index is 2.65. The van der Waals surface area contributed by atoms with Gasteiger partial charge in [-0.3, -0.25) is 9.59 Å². The molecule has 20 heavy (non-hydrogen) atoms. The van der Waals surface area contributed by atoms with E-state index in [9.17, 15) is 9.59 Å². The Morgan fingerprint density at radius 3 is 2.05 bits per heavy atom. The molecule has 0 fully saturated rings. The average Bonchev–Trinajstić information content (AvgIpc) is 2.37. The van der Waals surface area contributed by atoms with Crippen molar-refractivity contribution in [3.05, 3.63) is 35.4 Å². The topological polar surface area (TPSA) is 55.4 Å². The fourth-order valence-corrected chi connectivity index (χ4v) is 1.89. The third-order valence-electron chi connectivity index (χ3n) is 3.25. The summed E-state index contributed by atoms with van der Waals surface area (Å²) < 4.78 is 5.39. The van der Waals surface area contributed by atoms with Crippen LogP contribution in [0.2, 0.25) is 0 Å². The molecule has 1 atom stereocenters.